The minimum absolute atomic E-state index is 0. The van der Waals surface area contributed by atoms with Gasteiger partial charge < -0.3 is 15.0 Å². The number of hydrogen-bond donors (Lipinski definition) is 1. The first kappa shape index (κ1) is 18.1. The molecule has 0 atom stereocenters. The van der Waals surface area contributed by atoms with Gasteiger partial charge in [-0.3, -0.25) is 4.79 Å². The van der Waals surface area contributed by atoms with E-state index in [1.807, 2.05) is 30.0 Å². The molecule has 1 aliphatic heterocycles. The molecule has 0 aromatic heterocycles. The Balaban J connectivity index is 0.00000192. The summed E-state index contributed by atoms with van der Waals surface area (Å²) in [6.45, 7) is 4.84. The van der Waals surface area contributed by atoms with E-state index in [2.05, 4.69) is 5.32 Å². The second kappa shape index (κ2) is 8.02. The predicted molar refractivity (Wildman–Crippen MR) is 94.6 cm³/mol. The van der Waals surface area contributed by atoms with Gasteiger partial charge in [-0.05, 0) is 62.8 Å². The van der Waals surface area contributed by atoms with Crippen molar-refractivity contribution in [2.45, 2.75) is 38.6 Å². The second-order valence-electron chi connectivity index (χ2n) is 6.60. The van der Waals surface area contributed by atoms with Crippen LogP contribution in [-0.4, -0.2) is 43.6 Å². The zero-order valence-electron chi connectivity index (χ0n) is 14.0. The molecule has 1 saturated heterocycles. The molecule has 2 aliphatic rings. The maximum Gasteiger partial charge on any atom is 0.253 e. The molecule has 0 bridgehead atoms. The molecule has 0 radical (unpaired) electrons. The molecule has 128 valence electrons. The van der Waals surface area contributed by atoms with Crippen molar-refractivity contribution in [3.63, 3.8) is 0 Å². The van der Waals surface area contributed by atoms with Gasteiger partial charge >= 0.3 is 0 Å². The number of rotatable bonds is 5. The third-order valence-corrected chi connectivity index (χ3v) is 4.83. The maximum absolute atomic E-state index is 12.6. The van der Waals surface area contributed by atoms with Gasteiger partial charge in [-0.1, -0.05) is 6.07 Å². The smallest absolute Gasteiger partial charge is 0.253 e. The first-order valence-electron chi connectivity index (χ1n) is 8.34. The van der Waals surface area contributed by atoms with Crippen LogP contribution in [0, 0.1) is 12.8 Å². The Bertz CT molecular complexity index is 538. The highest BCUT2D eigenvalue weighted by Gasteiger charge is 2.26. The van der Waals surface area contributed by atoms with Gasteiger partial charge in [0, 0.05) is 24.7 Å². The molecule has 2 fully saturated rings. The Labute approximate surface area is 145 Å². The van der Waals surface area contributed by atoms with Gasteiger partial charge in [0.2, 0.25) is 0 Å². The van der Waals surface area contributed by atoms with Crippen molar-refractivity contribution in [2.75, 3.05) is 26.7 Å². The van der Waals surface area contributed by atoms with Gasteiger partial charge in [0.05, 0.1) is 7.11 Å². The summed E-state index contributed by atoms with van der Waals surface area (Å²) in [4.78, 5) is 14.6. The van der Waals surface area contributed by atoms with Crippen LogP contribution in [0.5, 0.6) is 5.75 Å². The van der Waals surface area contributed by atoms with Crippen LogP contribution in [0.1, 0.15) is 41.6 Å². The summed E-state index contributed by atoms with van der Waals surface area (Å²) in [5.41, 5.74) is 1.79. The number of nitrogens with zero attached hydrogens (tertiary/aromatic N) is 1. The fraction of sp³-hybridized carbons (Fsp3) is 0.611. The number of likely N-dealkylation sites (tertiary alicyclic amines) is 1. The van der Waals surface area contributed by atoms with Crippen molar-refractivity contribution in [3.8, 4) is 5.75 Å². The van der Waals surface area contributed by atoms with E-state index in [1.165, 1.54) is 12.8 Å². The average Bonchev–Trinajstić information content (AvgIpc) is 3.37. The molecular formula is C18H27ClN2O2. The second-order valence-corrected chi connectivity index (χ2v) is 6.60. The van der Waals surface area contributed by atoms with E-state index in [1.54, 1.807) is 7.11 Å². The molecule has 23 heavy (non-hydrogen) atoms. The summed E-state index contributed by atoms with van der Waals surface area (Å²) in [6.07, 6.45) is 4.89. The quantitative estimate of drug-likeness (QED) is 0.897. The number of amides is 1. The van der Waals surface area contributed by atoms with Crippen molar-refractivity contribution in [1.29, 1.82) is 0 Å². The van der Waals surface area contributed by atoms with Crippen molar-refractivity contribution in [2.24, 2.45) is 5.92 Å². The molecule has 1 heterocycles. The van der Waals surface area contributed by atoms with Crippen molar-refractivity contribution in [1.82, 2.24) is 10.2 Å². The zero-order valence-corrected chi connectivity index (χ0v) is 14.8. The van der Waals surface area contributed by atoms with Crippen molar-refractivity contribution in [3.05, 3.63) is 29.3 Å². The van der Waals surface area contributed by atoms with E-state index in [4.69, 9.17) is 4.74 Å². The van der Waals surface area contributed by atoms with Gasteiger partial charge in [-0.15, -0.1) is 12.4 Å². The van der Waals surface area contributed by atoms with E-state index < -0.39 is 0 Å². The molecule has 1 aromatic rings. The molecule has 5 heteroatoms. The molecule has 1 saturated carbocycles. The van der Waals surface area contributed by atoms with Gasteiger partial charge in [0.15, 0.2) is 0 Å². The van der Waals surface area contributed by atoms with Crippen LogP contribution in [0.25, 0.3) is 0 Å². The molecular weight excluding hydrogens is 312 g/mol. The average molecular weight is 339 g/mol. The summed E-state index contributed by atoms with van der Waals surface area (Å²) in [7, 11) is 1.65. The number of aryl methyl sites for hydroxylation is 1. The van der Waals surface area contributed by atoms with Crippen molar-refractivity contribution < 1.29 is 9.53 Å². The summed E-state index contributed by atoms with van der Waals surface area (Å²) >= 11 is 0. The lowest BCUT2D eigenvalue weighted by Gasteiger charge is -2.32. The predicted octanol–water partition coefficient (Wildman–Crippen LogP) is 3.03. The van der Waals surface area contributed by atoms with Gasteiger partial charge in [0.25, 0.3) is 5.91 Å². The number of ether oxygens (including phenoxy) is 1. The molecule has 0 spiro atoms. The van der Waals surface area contributed by atoms with E-state index in [0.29, 0.717) is 6.04 Å². The van der Waals surface area contributed by atoms with E-state index in [-0.39, 0.29) is 18.3 Å². The van der Waals surface area contributed by atoms with E-state index in [0.717, 1.165) is 55.3 Å². The topological polar surface area (TPSA) is 41.6 Å². The third kappa shape index (κ3) is 4.61. The van der Waals surface area contributed by atoms with Gasteiger partial charge in [0.1, 0.15) is 5.75 Å². The molecule has 0 unspecified atom stereocenters. The number of benzene rings is 1. The number of carbonyl (C=O) groups is 1. The molecule has 4 nitrogen and oxygen atoms in total. The lowest BCUT2D eigenvalue weighted by atomic mass is 10.0. The summed E-state index contributed by atoms with van der Waals surface area (Å²) in [5.74, 6) is 1.82. The highest BCUT2D eigenvalue weighted by Crippen LogP contribution is 2.28. The van der Waals surface area contributed by atoms with Crippen LogP contribution in [0.4, 0.5) is 0 Å². The van der Waals surface area contributed by atoms with Crippen LogP contribution >= 0.6 is 12.4 Å². The number of methoxy groups -OCH3 is 1. The molecule has 1 N–H and O–H groups in total. The summed E-state index contributed by atoms with van der Waals surface area (Å²) in [6, 6.07) is 6.29. The number of carbonyl (C=O) groups excluding carboxylic acids is 1. The molecule has 3 rings (SSSR count). The van der Waals surface area contributed by atoms with Crippen LogP contribution in [-0.2, 0) is 0 Å². The standard InChI is InChI=1S/C18H26N2O2.ClH/c1-13-3-6-15(11-17(13)22-2)18(21)20-9-7-16(8-10-20)19-12-14-4-5-14;/h3,6,11,14,16,19H,4-5,7-10,12H2,1-2H3;1H. The lowest BCUT2D eigenvalue weighted by molar-refractivity contribution is 0.0704. The minimum atomic E-state index is 0. The Morgan fingerprint density at radius 3 is 2.57 bits per heavy atom. The minimum Gasteiger partial charge on any atom is -0.496 e. The fourth-order valence-corrected chi connectivity index (χ4v) is 3.08. The molecule has 1 aromatic carbocycles. The zero-order chi connectivity index (χ0) is 15.5. The number of hydrogen-bond acceptors (Lipinski definition) is 3. The van der Waals surface area contributed by atoms with E-state index >= 15 is 0 Å². The highest BCUT2D eigenvalue weighted by molar-refractivity contribution is 5.94. The highest BCUT2D eigenvalue weighted by atomic mass is 35.5. The van der Waals surface area contributed by atoms with Crippen LogP contribution in [0.2, 0.25) is 0 Å². The SMILES string of the molecule is COc1cc(C(=O)N2CCC(NCC3CC3)CC2)ccc1C.Cl. The summed E-state index contributed by atoms with van der Waals surface area (Å²) in [5, 5.41) is 3.65. The third-order valence-electron chi connectivity index (χ3n) is 4.83. The Kier molecular flexibility index (Phi) is 6.31. The van der Waals surface area contributed by atoms with E-state index in [9.17, 15) is 4.79 Å². The van der Waals surface area contributed by atoms with Crippen LogP contribution in [0.15, 0.2) is 18.2 Å². The van der Waals surface area contributed by atoms with Gasteiger partial charge in [-0.25, -0.2) is 0 Å². The summed E-state index contributed by atoms with van der Waals surface area (Å²) < 4.78 is 5.32. The number of nitrogens with one attached hydrogen (secondary N) is 1. The Morgan fingerprint density at radius 2 is 1.96 bits per heavy atom. The number of piperidine rings is 1. The first-order valence-corrected chi connectivity index (χ1v) is 8.34. The maximum atomic E-state index is 12.6. The molecule has 1 amide bonds. The number of halogens is 1. The Hall–Kier alpha value is -1.26. The molecule has 1 aliphatic carbocycles. The Morgan fingerprint density at radius 1 is 1.26 bits per heavy atom. The monoisotopic (exact) mass is 338 g/mol. The van der Waals surface area contributed by atoms with Gasteiger partial charge in [-0.2, -0.15) is 0 Å². The lowest BCUT2D eigenvalue weighted by Crippen LogP contribution is -2.45. The fourth-order valence-electron chi connectivity index (χ4n) is 3.08. The van der Waals surface area contributed by atoms with Crippen molar-refractivity contribution >= 4 is 18.3 Å². The van der Waals surface area contributed by atoms with Crippen LogP contribution in [0.3, 0.4) is 0 Å². The first-order chi connectivity index (χ1) is 10.7. The van der Waals surface area contributed by atoms with Crippen LogP contribution < -0.4 is 10.1 Å². The largest absolute Gasteiger partial charge is 0.496 e. The normalized spacial score (nSPS) is 18.4.